The molecule has 1 aliphatic rings. The van der Waals surface area contributed by atoms with Gasteiger partial charge < -0.3 is 9.47 Å². The zero-order chi connectivity index (χ0) is 24.5. The number of benzene rings is 2. The van der Waals surface area contributed by atoms with E-state index in [-0.39, 0.29) is 5.02 Å². The third kappa shape index (κ3) is 5.08. The quantitative estimate of drug-likeness (QED) is 0.298. The molecule has 0 spiro atoms. The number of nitrogens with zero attached hydrogens (tertiary/aromatic N) is 1. The minimum atomic E-state index is -4.74. The molecule has 3 rings (SSSR count). The minimum Gasteiger partial charge on any atom is -0.492 e. The average Bonchev–Trinajstić information content (AvgIpc) is 2.71. The molecule has 0 bridgehead atoms. The van der Waals surface area contributed by atoms with Gasteiger partial charge in [0.05, 0.1) is 33.6 Å². The Kier molecular flexibility index (Phi) is 7.22. The molecule has 1 fully saturated rings. The number of carbonyl (C=O) groups is 3. The molecule has 0 radical (unpaired) electrons. The number of urea groups is 1. The Balaban J connectivity index is 2.10. The highest BCUT2D eigenvalue weighted by molar-refractivity contribution is 14.1. The number of alkyl halides is 3. The Hall–Kier alpha value is -2.80. The van der Waals surface area contributed by atoms with Crippen LogP contribution in [0.3, 0.4) is 0 Å². The van der Waals surface area contributed by atoms with Crippen molar-refractivity contribution in [3.63, 3.8) is 0 Å². The van der Waals surface area contributed by atoms with Crippen LogP contribution in [0.1, 0.15) is 18.1 Å². The van der Waals surface area contributed by atoms with Gasteiger partial charge in [-0.15, -0.1) is 0 Å². The highest BCUT2D eigenvalue weighted by atomic mass is 127. The first-order valence-corrected chi connectivity index (χ1v) is 10.7. The average molecular weight is 595 g/mol. The van der Waals surface area contributed by atoms with E-state index in [0.29, 0.717) is 44.3 Å². The zero-order valence-corrected chi connectivity index (χ0v) is 20.0. The lowest BCUT2D eigenvalue weighted by atomic mass is 10.1. The van der Waals surface area contributed by atoms with Gasteiger partial charge in [0.2, 0.25) is 0 Å². The summed E-state index contributed by atoms with van der Waals surface area (Å²) in [6.45, 7) is 2.08. The molecule has 12 heteroatoms. The van der Waals surface area contributed by atoms with Crippen molar-refractivity contribution in [3.8, 4) is 11.5 Å². The van der Waals surface area contributed by atoms with Crippen LogP contribution in [0.5, 0.6) is 11.5 Å². The first kappa shape index (κ1) is 24.8. The molecule has 1 N–H and O–H groups in total. The predicted molar refractivity (Wildman–Crippen MR) is 122 cm³/mol. The number of halogens is 5. The van der Waals surface area contributed by atoms with E-state index < -0.39 is 40.8 Å². The maximum atomic E-state index is 13.2. The number of hydrogen-bond donors (Lipinski definition) is 1. The lowest BCUT2D eigenvalue weighted by Crippen LogP contribution is -2.54. The van der Waals surface area contributed by atoms with Crippen molar-refractivity contribution in [2.24, 2.45) is 0 Å². The summed E-state index contributed by atoms with van der Waals surface area (Å²) in [5.41, 5.74) is -1.74. The van der Waals surface area contributed by atoms with Crippen LogP contribution in [0.4, 0.5) is 23.7 Å². The maximum Gasteiger partial charge on any atom is 0.416 e. The molecule has 174 valence electrons. The number of amides is 4. The highest BCUT2D eigenvalue weighted by Gasteiger charge is 2.39. The molecule has 0 saturated carbocycles. The first-order valence-electron chi connectivity index (χ1n) is 9.26. The van der Waals surface area contributed by atoms with Crippen LogP contribution < -0.4 is 19.7 Å². The second-order valence-electron chi connectivity index (χ2n) is 6.59. The van der Waals surface area contributed by atoms with Gasteiger partial charge in [-0.3, -0.25) is 14.9 Å². The second-order valence-corrected chi connectivity index (χ2v) is 8.16. The SMILES string of the molecule is CCOc1cc(/C=C2\C(=O)NC(=O)N(c3cc(C(F)(F)F)ccc3Cl)C2=O)cc(I)c1OC. The molecule has 2 aromatic rings. The van der Waals surface area contributed by atoms with Crippen LogP contribution in [-0.4, -0.2) is 31.6 Å². The molecule has 33 heavy (non-hydrogen) atoms. The molecule has 1 heterocycles. The van der Waals surface area contributed by atoms with Gasteiger partial charge >= 0.3 is 12.2 Å². The molecule has 1 aliphatic heterocycles. The first-order chi connectivity index (χ1) is 15.5. The molecule has 0 aliphatic carbocycles. The van der Waals surface area contributed by atoms with Gasteiger partial charge in [0.25, 0.3) is 11.8 Å². The standard InChI is InChI=1S/C21H15ClF3IN2O5/c1-3-33-16-8-10(7-14(26)17(16)32-2)6-12-18(29)27-20(31)28(19(12)30)15-9-11(21(23,24)25)4-5-13(15)22/h4-9H,3H2,1-2H3,(H,27,29,31)/b12-6+. The van der Waals surface area contributed by atoms with E-state index in [0.717, 1.165) is 6.07 Å². The van der Waals surface area contributed by atoms with Crippen LogP contribution in [0.25, 0.3) is 6.08 Å². The predicted octanol–water partition coefficient (Wildman–Crippen LogP) is 5.04. The summed E-state index contributed by atoms with van der Waals surface area (Å²) in [6, 6.07) is 4.11. The van der Waals surface area contributed by atoms with Crippen molar-refractivity contribution >= 4 is 63.8 Å². The fourth-order valence-corrected chi connectivity index (χ4v) is 4.08. The Labute approximate surface area is 204 Å². The number of methoxy groups -OCH3 is 1. The Bertz CT molecular complexity index is 1180. The smallest absolute Gasteiger partial charge is 0.416 e. The van der Waals surface area contributed by atoms with Crippen molar-refractivity contribution in [1.29, 1.82) is 0 Å². The third-order valence-electron chi connectivity index (χ3n) is 4.46. The van der Waals surface area contributed by atoms with E-state index >= 15 is 0 Å². The third-order valence-corrected chi connectivity index (χ3v) is 5.58. The van der Waals surface area contributed by atoms with Crippen molar-refractivity contribution in [2.75, 3.05) is 18.6 Å². The maximum absolute atomic E-state index is 13.2. The topological polar surface area (TPSA) is 84.9 Å². The van der Waals surface area contributed by atoms with Crippen molar-refractivity contribution in [2.45, 2.75) is 13.1 Å². The molecule has 0 unspecified atom stereocenters. The lowest BCUT2D eigenvalue weighted by molar-refractivity contribution is -0.137. The van der Waals surface area contributed by atoms with Crippen molar-refractivity contribution in [3.05, 3.63) is 55.6 Å². The van der Waals surface area contributed by atoms with Gasteiger partial charge in [-0.2, -0.15) is 13.2 Å². The number of anilines is 1. The summed E-state index contributed by atoms with van der Waals surface area (Å²) < 4.78 is 50.9. The Morgan fingerprint density at radius 1 is 1.18 bits per heavy atom. The van der Waals surface area contributed by atoms with Gasteiger partial charge in [0.15, 0.2) is 11.5 Å². The highest BCUT2D eigenvalue weighted by Crippen LogP contribution is 2.37. The van der Waals surface area contributed by atoms with Gasteiger partial charge in [0.1, 0.15) is 5.57 Å². The normalized spacial score (nSPS) is 15.7. The summed E-state index contributed by atoms with van der Waals surface area (Å²) in [5.74, 6) is -1.33. The van der Waals surface area contributed by atoms with Crippen LogP contribution in [0.2, 0.25) is 5.02 Å². The fourth-order valence-electron chi connectivity index (χ4n) is 3.04. The number of imide groups is 2. The van der Waals surface area contributed by atoms with Gasteiger partial charge in [-0.25, -0.2) is 9.69 Å². The van der Waals surface area contributed by atoms with Crippen LogP contribution in [-0.2, 0) is 15.8 Å². The summed E-state index contributed by atoms with van der Waals surface area (Å²) in [5, 5.41) is 1.67. The number of nitrogens with one attached hydrogen (secondary N) is 1. The van der Waals surface area contributed by atoms with E-state index in [2.05, 4.69) is 0 Å². The number of hydrogen-bond acceptors (Lipinski definition) is 5. The van der Waals surface area contributed by atoms with Crippen molar-refractivity contribution < 1.29 is 37.0 Å². The van der Waals surface area contributed by atoms with E-state index in [4.69, 9.17) is 21.1 Å². The molecule has 7 nitrogen and oxygen atoms in total. The van der Waals surface area contributed by atoms with Gasteiger partial charge in [-0.05, 0) is 71.5 Å². The molecule has 2 aromatic carbocycles. The molecular formula is C21H15ClF3IN2O5. The monoisotopic (exact) mass is 594 g/mol. The Morgan fingerprint density at radius 3 is 2.48 bits per heavy atom. The number of barbiturate groups is 1. The summed E-state index contributed by atoms with van der Waals surface area (Å²) >= 11 is 7.97. The molecule has 4 amide bonds. The van der Waals surface area contributed by atoms with E-state index in [1.54, 1.807) is 13.0 Å². The van der Waals surface area contributed by atoms with E-state index in [1.165, 1.54) is 19.3 Å². The number of carbonyl (C=O) groups excluding carboxylic acids is 3. The molecule has 0 aromatic heterocycles. The van der Waals surface area contributed by atoms with Crippen LogP contribution in [0.15, 0.2) is 35.9 Å². The summed E-state index contributed by atoms with van der Waals surface area (Å²) in [7, 11) is 1.46. The van der Waals surface area contributed by atoms with E-state index in [9.17, 15) is 27.6 Å². The number of ether oxygens (including phenoxy) is 2. The molecular weight excluding hydrogens is 580 g/mol. The van der Waals surface area contributed by atoms with E-state index in [1.807, 2.05) is 27.9 Å². The van der Waals surface area contributed by atoms with Gasteiger partial charge in [0, 0.05) is 0 Å². The summed E-state index contributed by atoms with van der Waals surface area (Å²) in [4.78, 5) is 38.2. The summed E-state index contributed by atoms with van der Waals surface area (Å²) in [6.07, 6.45) is -3.54. The molecule has 0 atom stereocenters. The Morgan fingerprint density at radius 2 is 1.88 bits per heavy atom. The van der Waals surface area contributed by atoms with Gasteiger partial charge in [-0.1, -0.05) is 11.6 Å². The minimum absolute atomic E-state index is 0.280. The van der Waals surface area contributed by atoms with Crippen molar-refractivity contribution in [1.82, 2.24) is 5.32 Å². The number of rotatable bonds is 5. The zero-order valence-electron chi connectivity index (χ0n) is 17.0. The van der Waals surface area contributed by atoms with Crippen LogP contribution in [0, 0.1) is 3.57 Å². The lowest BCUT2D eigenvalue weighted by Gasteiger charge is -2.27. The largest absolute Gasteiger partial charge is 0.492 e. The fraction of sp³-hybridized carbons (Fsp3) is 0.190. The molecule has 1 saturated heterocycles. The second kappa shape index (κ2) is 9.59. The van der Waals surface area contributed by atoms with Crippen LogP contribution >= 0.6 is 34.2 Å².